The van der Waals surface area contributed by atoms with Crippen LogP contribution < -0.4 is 15.8 Å². The fraction of sp³-hybridized carbons (Fsp3) is 0.600. The number of nitrogen functional groups attached to an aromatic ring is 1. The summed E-state index contributed by atoms with van der Waals surface area (Å²) < 4.78 is 18.7. The SMILES string of the molecule is CCCCCCCCNc1cc(OC)c(N)cc1F. The first-order chi connectivity index (χ1) is 9.19. The molecular weight excluding hydrogens is 243 g/mol. The lowest BCUT2D eigenvalue weighted by Gasteiger charge is -2.11. The van der Waals surface area contributed by atoms with Crippen LogP contribution >= 0.6 is 0 Å². The van der Waals surface area contributed by atoms with Crippen molar-refractivity contribution in [2.75, 3.05) is 24.7 Å². The first kappa shape index (κ1) is 15.6. The Bertz CT molecular complexity index is 383. The van der Waals surface area contributed by atoms with Crippen LogP contribution in [0.25, 0.3) is 0 Å². The highest BCUT2D eigenvalue weighted by molar-refractivity contribution is 5.62. The van der Waals surface area contributed by atoms with Crippen molar-refractivity contribution in [1.29, 1.82) is 0 Å². The van der Waals surface area contributed by atoms with Gasteiger partial charge in [0.2, 0.25) is 0 Å². The van der Waals surface area contributed by atoms with Crippen molar-refractivity contribution < 1.29 is 9.13 Å². The summed E-state index contributed by atoms with van der Waals surface area (Å²) in [6, 6.07) is 2.91. The summed E-state index contributed by atoms with van der Waals surface area (Å²) in [6.07, 6.45) is 7.34. The topological polar surface area (TPSA) is 47.3 Å². The normalized spacial score (nSPS) is 10.5. The van der Waals surface area contributed by atoms with Gasteiger partial charge in [0, 0.05) is 18.7 Å². The Morgan fingerprint density at radius 1 is 1.16 bits per heavy atom. The lowest BCUT2D eigenvalue weighted by Crippen LogP contribution is -2.05. The van der Waals surface area contributed by atoms with Crippen molar-refractivity contribution in [3.8, 4) is 5.75 Å². The van der Waals surface area contributed by atoms with Gasteiger partial charge in [-0.25, -0.2) is 4.39 Å². The fourth-order valence-corrected chi connectivity index (χ4v) is 2.01. The molecule has 19 heavy (non-hydrogen) atoms. The molecule has 0 heterocycles. The average Bonchev–Trinajstić information content (AvgIpc) is 2.40. The van der Waals surface area contributed by atoms with Crippen LogP contribution in [0.1, 0.15) is 45.4 Å². The average molecular weight is 268 g/mol. The summed E-state index contributed by atoms with van der Waals surface area (Å²) in [5.74, 6) is 0.177. The third kappa shape index (κ3) is 5.37. The molecule has 1 aromatic rings. The molecule has 0 spiro atoms. The molecule has 0 unspecified atom stereocenters. The van der Waals surface area contributed by atoms with Crippen LogP contribution in [0.2, 0.25) is 0 Å². The molecule has 3 N–H and O–H groups in total. The maximum Gasteiger partial charge on any atom is 0.148 e. The van der Waals surface area contributed by atoms with Gasteiger partial charge in [0.05, 0.1) is 18.5 Å². The minimum atomic E-state index is -0.329. The van der Waals surface area contributed by atoms with Crippen LogP contribution in [0, 0.1) is 5.82 Å². The van der Waals surface area contributed by atoms with Crippen molar-refractivity contribution >= 4 is 11.4 Å². The molecule has 0 fully saturated rings. The van der Waals surface area contributed by atoms with E-state index in [0.717, 1.165) is 13.0 Å². The van der Waals surface area contributed by atoms with Gasteiger partial charge in [0.15, 0.2) is 0 Å². The summed E-state index contributed by atoms with van der Waals surface area (Å²) in [7, 11) is 1.53. The Labute approximate surface area is 115 Å². The molecule has 4 heteroatoms. The molecule has 0 saturated carbocycles. The maximum absolute atomic E-state index is 13.6. The highest BCUT2D eigenvalue weighted by Gasteiger charge is 2.07. The third-order valence-corrected chi connectivity index (χ3v) is 3.17. The Hall–Kier alpha value is -1.45. The number of hydrogen-bond donors (Lipinski definition) is 2. The number of methoxy groups -OCH3 is 1. The molecule has 3 nitrogen and oxygen atoms in total. The van der Waals surface area contributed by atoms with Crippen LogP contribution in [-0.4, -0.2) is 13.7 Å². The van der Waals surface area contributed by atoms with E-state index in [0.29, 0.717) is 17.1 Å². The zero-order chi connectivity index (χ0) is 14.1. The Morgan fingerprint density at radius 2 is 1.84 bits per heavy atom. The molecule has 0 saturated heterocycles. The van der Waals surface area contributed by atoms with Crippen LogP contribution in [-0.2, 0) is 0 Å². The molecule has 1 aromatic carbocycles. The van der Waals surface area contributed by atoms with Crippen molar-refractivity contribution in [1.82, 2.24) is 0 Å². The monoisotopic (exact) mass is 268 g/mol. The van der Waals surface area contributed by atoms with E-state index < -0.39 is 0 Å². The van der Waals surface area contributed by atoms with Crippen LogP contribution in [0.15, 0.2) is 12.1 Å². The first-order valence-electron chi connectivity index (χ1n) is 7.06. The van der Waals surface area contributed by atoms with Crippen molar-refractivity contribution in [3.63, 3.8) is 0 Å². The molecule has 0 bridgehead atoms. The smallest absolute Gasteiger partial charge is 0.148 e. The maximum atomic E-state index is 13.6. The van der Waals surface area contributed by atoms with E-state index in [1.165, 1.54) is 45.3 Å². The van der Waals surface area contributed by atoms with E-state index in [-0.39, 0.29) is 5.82 Å². The van der Waals surface area contributed by atoms with Crippen LogP contribution in [0.3, 0.4) is 0 Å². The number of rotatable bonds is 9. The van der Waals surface area contributed by atoms with Crippen molar-refractivity contribution in [2.24, 2.45) is 0 Å². The second-order valence-electron chi connectivity index (χ2n) is 4.77. The van der Waals surface area contributed by atoms with E-state index in [1.54, 1.807) is 6.07 Å². The lowest BCUT2D eigenvalue weighted by molar-refractivity contribution is 0.416. The number of hydrogen-bond acceptors (Lipinski definition) is 3. The standard InChI is InChI=1S/C15H25FN2O/c1-3-4-5-6-7-8-9-18-14-11-15(19-2)13(17)10-12(14)16/h10-11,18H,3-9,17H2,1-2H3. The second-order valence-corrected chi connectivity index (χ2v) is 4.77. The van der Waals surface area contributed by atoms with E-state index in [4.69, 9.17) is 10.5 Å². The van der Waals surface area contributed by atoms with Gasteiger partial charge in [-0.3, -0.25) is 0 Å². The second kappa shape index (κ2) is 8.62. The summed E-state index contributed by atoms with van der Waals surface area (Å²) in [5.41, 5.74) is 6.41. The Balaban J connectivity index is 2.33. The number of benzene rings is 1. The van der Waals surface area contributed by atoms with Gasteiger partial charge in [-0.2, -0.15) is 0 Å². The van der Waals surface area contributed by atoms with E-state index in [2.05, 4.69) is 12.2 Å². The molecule has 0 amide bonds. The van der Waals surface area contributed by atoms with E-state index in [9.17, 15) is 4.39 Å². The van der Waals surface area contributed by atoms with Gasteiger partial charge in [-0.15, -0.1) is 0 Å². The largest absolute Gasteiger partial charge is 0.495 e. The minimum Gasteiger partial charge on any atom is -0.495 e. The van der Waals surface area contributed by atoms with Gasteiger partial charge in [0.25, 0.3) is 0 Å². The molecule has 0 atom stereocenters. The van der Waals surface area contributed by atoms with Gasteiger partial charge in [-0.05, 0) is 6.42 Å². The molecule has 0 aliphatic rings. The number of anilines is 2. The Kier molecular flexibility index (Phi) is 7.08. The quantitative estimate of drug-likeness (QED) is 0.521. The number of nitrogens with one attached hydrogen (secondary N) is 1. The van der Waals surface area contributed by atoms with E-state index in [1.807, 2.05) is 0 Å². The number of ether oxygens (including phenoxy) is 1. The minimum absolute atomic E-state index is 0.324. The summed E-state index contributed by atoms with van der Waals surface area (Å²) >= 11 is 0. The fourth-order valence-electron chi connectivity index (χ4n) is 2.01. The highest BCUT2D eigenvalue weighted by atomic mass is 19.1. The number of nitrogens with two attached hydrogens (primary N) is 1. The predicted molar refractivity (Wildman–Crippen MR) is 79.2 cm³/mol. The lowest BCUT2D eigenvalue weighted by atomic mass is 10.1. The van der Waals surface area contributed by atoms with Gasteiger partial charge in [0.1, 0.15) is 11.6 Å². The summed E-state index contributed by atoms with van der Waals surface area (Å²) in [6.45, 7) is 2.98. The van der Waals surface area contributed by atoms with Gasteiger partial charge >= 0.3 is 0 Å². The predicted octanol–water partition coefficient (Wildman–Crippen LogP) is 4.19. The van der Waals surface area contributed by atoms with Gasteiger partial charge < -0.3 is 15.8 Å². The number of halogens is 1. The molecule has 0 aromatic heterocycles. The number of unbranched alkanes of at least 4 members (excludes halogenated alkanes) is 5. The zero-order valence-electron chi connectivity index (χ0n) is 12.0. The Morgan fingerprint density at radius 3 is 2.53 bits per heavy atom. The summed E-state index contributed by atoms with van der Waals surface area (Å²) in [5, 5.41) is 3.10. The van der Waals surface area contributed by atoms with Crippen molar-refractivity contribution in [2.45, 2.75) is 45.4 Å². The van der Waals surface area contributed by atoms with Crippen LogP contribution in [0.5, 0.6) is 5.75 Å². The third-order valence-electron chi connectivity index (χ3n) is 3.17. The molecule has 0 aliphatic carbocycles. The highest BCUT2D eigenvalue weighted by Crippen LogP contribution is 2.28. The molecule has 0 aliphatic heterocycles. The van der Waals surface area contributed by atoms with Crippen molar-refractivity contribution in [3.05, 3.63) is 17.9 Å². The zero-order valence-corrected chi connectivity index (χ0v) is 12.0. The molecule has 0 radical (unpaired) electrons. The van der Waals surface area contributed by atoms with Gasteiger partial charge in [-0.1, -0.05) is 39.0 Å². The molecular formula is C15H25FN2O. The van der Waals surface area contributed by atoms with Crippen LogP contribution in [0.4, 0.5) is 15.8 Å². The van der Waals surface area contributed by atoms with E-state index >= 15 is 0 Å². The first-order valence-corrected chi connectivity index (χ1v) is 7.06. The summed E-state index contributed by atoms with van der Waals surface area (Å²) in [4.78, 5) is 0. The molecule has 108 valence electrons. The molecule has 1 rings (SSSR count).